The predicted molar refractivity (Wildman–Crippen MR) is 321 cm³/mol. The topological polar surface area (TPSA) is 78.9 Å². The van der Waals surface area contributed by atoms with Crippen LogP contribution in [0.25, 0.3) is 0 Å². The number of unbranched alkanes of at least 4 members (excludes halogenated alkanes) is 47. The maximum Gasteiger partial charge on any atom is 0.306 e. The van der Waals surface area contributed by atoms with Crippen LogP contribution in [-0.4, -0.2) is 37.2 Å². The van der Waals surface area contributed by atoms with Crippen LogP contribution in [-0.2, 0) is 28.6 Å². The van der Waals surface area contributed by atoms with Gasteiger partial charge in [-0.2, -0.15) is 0 Å². The van der Waals surface area contributed by atoms with Crippen LogP contribution < -0.4 is 0 Å². The zero-order valence-corrected chi connectivity index (χ0v) is 50.1. The minimum Gasteiger partial charge on any atom is -0.462 e. The van der Waals surface area contributed by atoms with E-state index in [2.05, 4.69) is 45.1 Å². The molecular weight excluding hydrogens is 913 g/mol. The normalized spacial score (nSPS) is 12.1. The molecule has 0 fully saturated rings. The predicted octanol–water partition coefficient (Wildman–Crippen LogP) is 22.6. The van der Waals surface area contributed by atoms with Crippen molar-refractivity contribution in [3.05, 3.63) is 24.3 Å². The van der Waals surface area contributed by atoms with E-state index in [0.29, 0.717) is 19.3 Å². The van der Waals surface area contributed by atoms with Crippen molar-refractivity contribution in [3.63, 3.8) is 0 Å². The molecule has 0 saturated heterocycles. The molecule has 6 nitrogen and oxygen atoms in total. The van der Waals surface area contributed by atoms with Crippen LogP contribution in [0, 0.1) is 0 Å². The molecule has 0 aromatic heterocycles. The highest BCUT2D eigenvalue weighted by Gasteiger charge is 2.19. The van der Waals surface area contributed by atoms with Gasteiger partial charge in [-0.1, -0.05) is 328 Å². The van der Waals surface area contributed by atoms with E-state index in [-0.39, 0.29) is 31.1 Å². The number of rotatable bonds is 62. The van der Waals surface area contributed by atoms with Crippen LogP contribution in [0.3, 0.4) is 0 Å². The smallest absolute Gasteiger partial charge is 0.306 e. The van der Waals surface area contributed by atoms with Gasteiger partial charge in [0.25, 0.3) is 0 Å². The second kappa shape index (κ2) is 63.4. The average molecular weight is 1040 g/mol. The Balaban J connectivity index is 4.31. The highest BCUT2D eigenvalue weighted by molar-refractivity contribution is 5.71. The lowest BCUT2D eigenvalue weighted by molar-refractivity contribution is -0.167. The van der Waals surface area contributed by atoms with Crippen molar-refractivity contribution in [3.8, 4) is 0 Å². The van der Waals surface area contributed by atoms with Crippen molar-refractivity contribution >= 4 is 17.9 Å². The first-order chi connectivity index (χ1) is 36.5. The number of hydrogen-bond acceptors (Lipinski definition) is 6. The van der Waals surface area contributed by atoms with Gasteiger partial charge in [0.05, 0.1) is 0 Å². The van der Waals surface area contributed by atoms with E-state index in [1.165, 1.54) is 270 Å². The van der Waals surface area contributed by atoms with Gasteiger partial charge in [0.1, 0.15) is 13.2 Å². The number of carbonyl (C=O) groups excluding carboxylic acids is 3. The summed E-state index contributed by atoms with van der Waals surface area (Å²) in [6.45, 7) is 6.71. The van der Waals surface area contributed by atoms with Crippen LogP contribution in [0.2, 0.25) is 0 Å². The van der Waals surface area contributed by atoms with E-state index in [4.69, 9.17) is 14.2 Å². The summed E-state index contributed by atoms with van der Waals surface area (Å²) in [5, 5.41) is 0. The zero-order chi connectivity index (χ0) is 53.6. The van der Waals surface area contributed by atoms with Crippen molar-refractivity contribution in [2.24, 2.45) is 0 Å². The molecular formula is C68H128O6. The largest absolute Gasteiger partial charge is 0.462 e. The Kier molecular flexibility index (Phi) is 61.6. The molecule has 0 aliphatic rings. The molecule has 436 valence electrons. The summed E-state index contributed by atoms with van der Waals surface area (Å²) in [4.78, 5) is 38.4. The summed E-state index contributed by atoms with van der Waals surface area (Å²) >= 11 is 0. The molecule has 0 saturated carbocycles. The number of ether oxygens (including phenoxy) is 3. The van der Waals surface area contributed by atoms with Gasteiger partial charge in [-0.3, -0.25) is 14.4 Å². The second-order valence-corrected chi connectivity index (χ2v) is 22.7. The van der Waals surface area contributed by atoms with Crippen molar-refractivity contribution in [1.82, 2.24) is 0 Å². The van der Waals surface area contributed by atoms with Crippen molar-refractivity contribution in [1.29, 1.82) is 0 Å². The molecule has 0 spiro atoms. The third-order valence-corrected chi connectivity index (χ3v) is 15.2. The average Bonchev–Trinajstić information content (AvgIpc) is 3.40. The minimum absolute atomic E-state index is 0.0659. The summed E-state index contributed by atoms with van der Waals surface area (Å²) in [6.07, 6.45) is 76.1. The Bertz CT molecular complexity index is 1190. The summed E-state index contributed by atoms with van der Waals surface area (Å²) in [7, 11) is 0. The van der Waals surface area contributed by atoms with E-state index in [1.807, 2.05) is 0 Å². The van der Waals surface area contributed by atoms with Crippen LogP contribution in [0.1, 0.15) is 374 Å². The first kappa shape index (κ1) is 71.9. The third kappa shape index (κ3) is 60.8. The number of hydrogen-bond donors (Lipinski definition) is 0. The third-order valence-electron chi connectivity index (χ3n) is 15.2. The molecule has 1 atom stereocenters. The number of allylic oxidation sites excluding steroid dienone is 4. The Labute approximate surface area is 462 Å². The summed E-state index contributed by atoms with van der Waals surface area (Å²) in [6, 6.07) is 0. The fraction of sp³-hybridized carbons (Fsp3) is 0.897. The first-order valence-corrected chi connectivity index (χ1v) is 33.3. The van der Waals surface area contributed by atoms with E-state index < -0.39 is 6.10 Å². The highest BCUT2D eigenvalue weighted by Crippen LogP contribution is 2.18. The van der Waals surface area contributed by atoms with Crippen LogP contribution >= 0.6 is 0 Å². The van der Waals surface area contributed by atoms with E-state index in [0.717, 1.165) is 64.2 Å². The lowest BCUT2D eigenvalue weighted by Crippen LogP contribution is -2.30. The van der Waals surface area contributed by atoms with E-state index >= 15 is 0 Å². The zero-order valence-electron chi connectivity index (χ0n) is 50.1. The van der Waals surface area contributed by atoms with Gasteiger partial charge in [0.15, 0.2) is 6.10 Å². The van der Waals surface area contributed by atoms with Crippen molar-refractivity contribution in [2.75, 3.05) is 13.2 Å². The number of esters is 3. The lowest BCUT2D eigenvalue weighted by Gasteiger charge is -2.18. The summed E-state index contributed by atoms with van der Waals surface area (Å²) in [5.41, 5.74) is 0. The van der Waals surface area contributed by atoms with Crippen LogP contribution in [0.4, 0.5) is 0 Å². The van der Waals surface area contributed by atoms with Gasteiger partial charge in [-0.05, 0) is 51.4 Å². The van der Waals surface area contributed by atoms with Gasteiger partial charge in [-0.15, -0.1) is 0 Å². The van der Waals surface area contributed by atoms with Crippen molar-refractivity contribution < 1.29 is 28.6 Å². The standard InChI is InChI=1S/C68H128O6/c1-4-7-10-13-16-19-22-25-28-31-33-34-35-38-40-43-46-49-52-55-58-61-67(70)73-64-65(63-72-66(69)60-57-54-51-48-45-42-39-36-30-27-24-21-18-15-12-9-6-3)74-68(71)62-59-56-53-50-47-44-41-37-32-29-26-23-20-17-14-11-8-5-2/h22,25,31,33,65H,4-21,23-24,26-30,32,34-64H2,1-3H3/b25-22-,33-31-. The fourth-order valence-electron chi connectivity index (χ4n) is 10.2. The highest BCUT2D eigenvalue weighted by atomic mass is 16.6. The molecule has 0 amide bonds. The molecule has 0 N–H and O–H groups in total. The quantitative estimate of drug-likeness (QED) is 0.0261. The molecule has 0 radical (unpaired) electrons. The van der Waals surface area contributed by atoms with E-state index in [9.17, 15) is 14.4 Å². The molecule has 0 aromatic carbocycles. The van der Waals surface area contributed by atoms with E-state index in [1.54, 1.807) is 0 Å². The maximum atomic E-state index is 12.9. The summed E-state index contributed by atoms with van der Waals surface area (Å²) < 4.78 is 17.0. The number of carbonyl (C=O) groups is 3. The Morgan fingerprint density at radius 2 is 0.486 bits per heavy atom. The Morgan fingerprint density at radius 3 is 0.743 bits per heavy atom. The molecule has 1 unspecified atom stereocenters. The van der Waals surface area contributed by atoms with Crippen LogP contribution in [0.15, 0.2) is 24.3 Å². The Morgan fingerprint density at radius 1 is 0.270 bits per heavy atom. The molecule has 0 rings (SSSR count). The molecule has 74 heavy (non-hydrogen) atoms. The fourth-order valence-corrected chi connectivity index (χ4v) is 10.2. The minimum atomic E-state index is -0.769. The second-order valence-electron chi connectivity index (χ2n) is 22.7. The maximum absolute atomic E-state index is 12.9. The SMILES string of the molecule is CCCCCCC/C=C\C/C=C\CCCCCCCCCCCC(=O)OCC(COC(=O)CCCCCCCCCCCCCCCCCCC)OC(=O)CCCCCCCCCCCCCCCCCCCC. The Hall–Kier alpha value is -2.11. The summed E-state index contributed by atoms with van der Waals surface area (Å²) in [5.74, 6) is -0.839. The van der Waals surface area contributed by atoms with Gasteiger partial charge < -0.3 is 14.2 Å². The van der Waals surface area contributed by atoms with Gasteiger partial charge >= 0.3 is 17.9 Å². The van der Waals surface area contributed by atoms with Gasteiger partial charge in [0.2, 0.25) is 0 Å². The molecule has 0 aromatic rings. The molecule has 0 aliphatic heterocycles. The van der Waals surface area contributed by atoms with Gasteiger partial charge in [0, 0.05) is 19.3 Å². The molecule has 0 bridgehead atoms. The molecule has 0 heterocycles. The van der Waals surface area contributed by atoms with Crippen LogP contribution in [0.5, 0.6) is 0 Å². The van der Waals surface area contributed by atoms with Crippen molar-refractivity contribution in [2.45, 2.75) is 380 Å². The van der Waals surface area contributed by atoms with Gasteiger partial charge in [-0.25, -0.2) is 0 Å². The monoisotopic (exact) mass is 1040 g/mol. The lowest BCUT2D eigenvalue weighted by atomic mass is 10.0. The first-order valence-electron chi connectivity index (χ1n) is 33.3. The molecule has 0 aliphatic carbocycles. The molecule has 6 heteroatoms.